The van der Waals surface area contributed by atoms with E-state index < -0.39 is 258 Å². The number of aliphatic hydroxyl groups is 16. The number of carbonyl (C=O) groups is 8. The number of rotatable bonds is 40. The molecule has 16 bridgehead atoms. The van der Waals surface area contributed by atoms with Gasteiger partial charge < -0.3 is 196 Å². The van der Waals surface area contributed by atoms with E-state index in [9.17, 15) is 125 Å². The molecule has 121 heavy (non-hydrogen) atoms. The van der Waals surface area contributed by atoms with Crippen LogP contribution in [0.15, 0.2) is 0 Å². The number of aldehydes is 7. The number of hydrogen-bond donors (Lipinski definition) is 17. The Morgan fingerprint density at radius 2 is 0.322 bits per heavy atom. The molecule has 17 N–H and O–H groups in total. The fourth-order valence-electron chi connectivity index (χ4n) is 14.5. The number of hydrogen-bond acceptors (Lipinski definition) is 48. The molecular formula is C72H112O41S8. The highest BCUT2D eigenvalue weighted by Gasteiger charge is 2.61. The van der Waals surface area contributed by atoms with Gasteiger partial charge in [-0.25, -0.2) is 0 Å². The van der Waals surface area contributed by atoms with Crippen molar-refractivity contribution in [3.63, 3.8) is 0 Å². The molecule has 0 saturated carbocycles. The average Bonchev–Trinajstić information content (AvgIpc) is 0.771. The van der Waals surface area contributed by atoms with Crippen molar-refractivity contribution in [3.8, 4) is 0 Å². The second-order valence-electron chi connectivity index (χ2n) is 29.4. The minimum absolute atomic E-state index is 0.00496. The maximum atomic E-state index is 12.3. The first-order valence-electron chi connectivity index (χ1n) is 39.5. The van der Waals surface area contributed by atoms with Crippen LogP contribution < -0.4 is 0 Å². The molecule has 40 unspecified atom stereocenters. The Balaban J connectivity index is 1.10. The van der Waals surface area contributed by atoms with Crippen LogP contribution in [0.25, 0.3) is 0 Å². The summed E-state index contributed by atoms with van der Waals surface area (Å²) in [5.41, 5.74) is 0. The molecule has 30 aliphatic heterocycles. The van der Waals surface area contributed by atoms with Gasteiger partial charge in [0, 0.05) is 96.7 Å². The average molecular weight is 1890 g/mol. The van der Waals surface area contributed by atoms with E-state index in [4.69, 9.17) is 75.8 Å². The van der Waals surface area contributed by atoms with Crippen molar-refractivity contribution < 1.29 is 201 Å². The zero-order chi connectivity index (χ0) is 87.6. The van der Waals surface area contributed by atoms with E-state index in [0.29, 0.717) is 44.0 Å². The lowest BCUT2D eigenvalue weighted by atomic mass is 9.95. The van der Waals surface area contributed by atoms with E-state index >= 15 is 0 Å². The summed E-state index contributed by atoms with van der Waals surface area (Å²) < 4.78 is 101. The topological polar surface area (TPSA) is 628 Å². The summed E-state index contributed by atoms with van der Waals surface area (Å²) in [6.07, 6.45) is -72.0. The molecule has 30 saturated heterocycles. The van der Waals surface area contributed by atoms with Gasteiger partial charge >= 0.3 is 5.97 Å². The zero-order valence-corrected chi connectivity index (χ0v) is 71.8. The molecule has 0 amide bonds. The summed E-state index contributed by atoms with van der Waals surface area (Å²) in [5.74, 6) is -1.85. The highest BCUT2D eigenvalue weighted by Crippen LogP contribution is 2.43. The lowest BCUT2D eigenvalue weighted by molar-refractivity contribution is -0.396. The van der Waals surface area contributed by atoms with Gasteiger partial charge in [-0.3, -0.25) is 4.79 Å². The Morgan fingerprint density at radius 3 is 0.438 bits per heavy atom. The van der Waals surface area contributed by atoms with Gasteiger partial charge in [0.2, 0.25) is 0 Å². The summed E-state index contributed by atoms with van der Waals surface area (Å²) in [7, 11) is 0. The summed E-state index contributed by atoms with van der Waals surface area (Å²) >= 11 is 8.60. The highest BCUT2D eigenvalue weighted by molar-refractivity contribution is 8.00. The van der Waals surface area contributed by atoms with Crippen LogP contribution in [0.1, 0.15) is 51.4 Å². The van der Waals surface area contributed by atoms with Crippen molar-refractivity contribution in [2.45, 2.75) is 297 Å². The monoisotopic (exact) mass is 1890 g/mol. The molecule has 30 aliphatic rings. The Bertz CT molecular complexity index is 2960. The summed E-state index contributed by atoms with van der Waals surface area (Å²) in [6.45, 7) is 0. The Morgan fingerprint density at radius 1 is 0.198 bits per heavy atom. The van der Waals surface area contributed by atoms with E-state index in [1.165, 1.54) is 0 Å². The Kier molecular flexibility index (Phi) is 45.0. The fourth-order valence-corrected chi connectivity index (χ4v) is 22.0. The second kappa shape index (κ2) is 52.7. The van der Waals surface area contributed by atoms with Crippen LogP contribution in [-0.4, -0.2) is 474 Å². The van der Waals surface area contributed by atoms with Gasteiger partial charge in [0.05, 0.1) is 55.3 Å². The molecule has 0 aromatic rings. The number of carboxylic acids is 1. The van der Waals surface area contributed by atoms with E-state index in [1.54, 1.807) is 0 Å². The first kappa shape index (κ1) is 103. The fraction of sp³-hybridized carbons (Fsp3) is 0.889. The molecular weight excluding hydrogens is 1780 g/mol. The molecule has 0 spiro atoms. The molecule has 30 fully saturated rings. The van der Waals surface area contributed by atoms with Crippen LogP contribution in [-0.2, 0) is 114 Å². The maximum Gasteiger partial charge on any atom is 0.304 e. The first-order valence-corrected chi connectivity index (χ1v) is 48.8. The van der Waals surface area contributed by atoms with Crippen LogP contribution in [0, 0.1) is 0 Å². The quantitative estimate of drug-likeness (QED) is 0.0200. The van der Waals surface area contributed by atoms with E-state index in [-0.39, 0.29) is 137 Å². The third-order valence-electron chi connectivity index (χ3n) is 20.8. The molecule has 0 aromatic heterocycles. The van der Waals surface area contributed by atoms with E-state index in [2.05, 4.69) is 0 Å². The van der Waals surface area contributed by atoms with E-state index in [0.717, 1.165) is 94.1 Å². The lowest BCUT2D eigenvalue weighted by Gasteiger charge is -2.51. The van der Waals surface area contributed by atoms with Crippen LogP contribution in [0.5, 0.6) is 0 Å². The van der Waals surface area contributed by atoms with Crippen molar-refractivity contribution in [3.05, 3.63) is 0 Å². The van der Waals surface area contributed by atoms with Crippen LogP contribution in [0.4, 0.5) is 0 Å². The number of aliphatic carboxylic acids is 1. The maximum absolute atomic E-state index is 12.3. The minimum Gasteiger partial charge on any atom is -0.481 e. The smallest absolute Gasteiger partial charge is 0.304 e. The SMILES string of the molecule is O=CCCSCC1OC2OC3C(CSCCC=O)OC(OC4C(CSCCC=O)OC(OC5C(CSCCC=O)OC(OC6C(CSCCC(=O)O)OC(OC7C(CSCCC=O)OC(OC8C(CSCCC=O)OC(OC9C(CSCCC=O)OC(OC1C(O)C2O)C(O)C9O)C(O)C8O)C(O)C7O)C(O)C6O)C(O)C5O)C(O)C4O)C(O)C3O. The molecule has 0 aliphatic carbocycles. The molecule has 49 heteroatoms. The zero-order valence-electron chi connectivity index (χ0n) is 65.3. The van der Waals surface area contributed by atoms with Crippen molar-refractivity contribution in [1.82, 2.24) is 0 Å². The lowest BCUT2D eigenvalue weighted by Crippen LogP contribution is -2.69. The Labute approximate surface area is 729 Å². The predicted octanol–water partition coefficient (Wildman–Crippen LogP) is -6.88. The molecule has 0 radical (unpaired) electrons. The summed E-state index contributed by atoms with van der Waals surface area (Å²) in [4.78, 5) is 92.8. The predicted molar refractivity (Wildman–Crippen MR) is 430 cm³/mol. The van der Waals surface area contributed by atoms with Crippen molar-refractivity contribution in [1.29, 1.82) is 0 Å². The van der Waals surface area contributed by atoms with Gasteiger partial charge in [0.15, 0.2) is 50.3 Å². The first-order chi connectivity index (χ1) is 58.2. The second-order valence-corrected chi connectivity index (χ2v) is 38.6. The number of ether oxygens (including phenoxy) is 16. The summed E-state index contributed by atoms with van der Waals surface area (Å²) in [6, 6.07) is 0. The van der Waals surface area contributed by atoms with Gasteiger partial charge in [-0.1, -0.05) is 0 Å². The Hall–Kier alpha value is -1.32. The van der Waals surface area contributed by atoms with Crippen molar-refractivity contribution in [2.75, 3.05) is 92.0 Å². The van der Waals surface area contributed by atoms with Gasteiger partial charge in [0.1, 0.15) is 190 Å². The standard InChI is InChI=1S/C72H112O41S8/c73-9-1-16-114-24-32-57-41(82)49(90)65(98-32)107-58-33(25-115-17-2-10-74)100-67(51(92)43(58)84)109-60-35(27-117-19-4-12-76)102-69(53(94)45(60)86)111-62-37(29-119-21-6-14-78)104-71(55(96)47(62)88)113-64-39(31-121-23-8-40(80)81)105-72(56(97)48(64)89)112-63-38(30-120-22-7-15-79)103-70(54(95)46(63)87)110-61-36(28-118-20-5-13-77)101-68(52(93)44(61)85)108-59-34(26-116-18-3-11-75)99-66(106-57)50(91)42(59)83/h9-15,32-39,41-72,82-97H,1-8,16-31H2,(H,80,81). The molecule has 41 nitrogen and oxygen atoms in total. The van der Waals surface area contributed by atoms with Crippen LogP contribution in [0.2, 0.25) is 0 Å². The number of carboxylic acid groups (broad SMARTS) is 1. The van der Waals surface area contributed by atoms with Crippen molar-refractivity contribution >= 4 is 144 Å². The number of aliphatic hydroxyl groups excluding tert-OH is 16. The molecule has 40 atom stereocenters. The minimum atomic E-state index is -2.21. The van der Waals surface area contributed by atoms with Gasteiger partial charge in [-0.05, 0) is 40.3 Å². The number of thioether (sulfide) groups is 8. The van der Waals surface area contributed by atoms with Gasteiger partial charge in [-0.2, -0.15) is 94.1 Å². The molecule has 694 valence electrons. The van der Waals surface area contributed by atoms with Gasteiger partial charge in [-0.15, -0.1) is 0 Å². The molecule has 0 aromatic carbocycles. The van der Waals surface area contributed by atoms with Crippen LogP contribution >= 0.6 is 94.1 Å². The summed E-state index contributed by atoms with van der Waals surface area (Å²) in [5, 5.41) is 205. The highest BCUT2D eigenvalue weighted by atomic mass is 32.2. The molecule has 30 heterocycles. The largest absolute Gasteiger partial charge is 0.481 e. The normalized spacial score (nSPS) is 43.2. The van der Waals surface area contributed by atoms with Crippen LogP contribution in [0.3, 0.4) is 0 Å². The van der Waals surface area contributed by atoms with E-state index in [1.807, 2.05) is 0 Å². The molecule has 30 rings (SSSR count). The number of carbonyl (C=O) groups excluding carboxylic acids is 7. The third kappa shape index (κ3) is 28.1. The van der Waals surface area contributed by atoms with Gasteiger partial charge in [0.25, 0.3) is 0 Å². The van der Waals surface area contributed by atoms with Crippen molar-refractivity contribution in [2.24, 2.45) is 0 Å². The third-order valence-corrected chi connectivity index (χ3v) is 29.5.